The van der Waals surface area contributed by atoms with E-state index in [4.69, 9.17) is 5.11 Å². The molecule has 0 bridgehead atoms. The van der Waals surface area contributed by atoms with E-state index in [0.717, 1.165) is 30.7 Å². The van der Waals surface area contributed by atoms with E-state index in [0.29, 0.717) is 5.69 Å². The molecule has 2 heterocycles. The molecule has 0 aliphatic carbocycles. The average molecular weight is 319 g/mol. The van der Waals surface area contributed by atoms with Crippen molar-refractivity contribution in [1.82, 2.24) is 9.47 Å². The Morgan fingerprint density at radius 3 is 2.76 bits per heavy atom. The Bertz CT molecular complexity index is 402. The molecule has 94 valence electrons. The molecule has 1 aliphatic heterocycles. The van der Waals surface area contributed by atoms with Gasteiger partial charge in [-0.25, -0.2) is 4.79 Å². The molecule has 0 unspecified atom stereocenters. The van der Waals surface area contributed by atoms with E-state index in [1.54, 1.807) is 10.6 Å². The second kappa shape index (κ2) is 5.93. The fourth-order valence-corrected chi connectivity index (χ4v) is 3.36. The van der Waals surface area contributed by atoms with E-state index >= 15 is 0 Å². The monoisotopic (exact) mass is 318 g/mol. The summed E-state index contributed by atoms with van der Waals surface area (Å²) in [5.41, 5.74) is 0.350. The normalized spacial score (nSPS) is 17.2. The number of nitrogens with zero attached hydrogens (tertiary/aromatic N) is 2. The van der Waals surface area contributed by atoms with Crippen LogP contribution in [0.25, 0.3) is 0 Å². The molecule has 1 N–H and O–H groups in total. The lowest BCUT2D eigenvalue weighted by molar-refractivity contribution is 0.0684. The third-order valence-electron chi connectivity index (χ3n) is 2.84. The maximum atomic E-state index is 11.0. The van der Waals surface area contributed by atoms with Gasteiger partial charge in [0.05, 0.1) is 0 Å². The third-order valence-corrected chi connectivity index (χ3v) is 4.22. The summed E-state index contributed by atoms with van der Waals surface area (Å²) in [6.07, 6.45) is 1.84. The van der Waals surface area contributed by atoms with Gasteiger partial charge >= 0.3 is 5.97 Å². The highest BCUT2D eigenvalue weighted by atomic mass is 79.9. The number of carboxylic acids is 1. The highest BCUT2D eigenvalue weighted by Crippen LogP contribution is 2.16. The first-order chi connectivity index (χ1) is 8.16. The van der Waals surface area contributed by atoms with Crippen LogP contribution in [0.3, 0.4) is 0 Å². The maximum Gasteiger partial charge on any atom is 0.352 e. The van der Waals surface area contributed by atoms with Gasteiger partial charge in [-0.3, -0.25) is 4.90 Å². The Kier molecular flexibility index (Phi) is 4.53. The van der Waals surface area contributed by atoms with Crippen molar-refractivity contribution in [1.29, 1.82) is 0 Å². The number of thioether (sulfide) groups is 1. The van der Waals surface area contributed by atoms with Crippen molar-refractivity contribution >= 4 is 33.7 Å². The Morgan fingerprint density at radius 1 is 1.41 bits per heavy atom. The van der Waals surface area contributed by atoms with E-state index in [1.165, 1.54) is 11.5 Å². The van der Waals surface area contributed by atoms with Gasteiger partial charge in [0.25, 0.3) is 0 Å². The summed E-state index contributed by atoms with van der Waals surface area (Å²) in [4.78, 5) is 13.4. The first-order valence-electron chi connectivity index (χ1n) is 5.56. The molecule has 0 saturated carbocycles. The summed E-state index contributed by atoms with van der Waals surface area (Å²) in [6, 6.07) is 1.65. The van der Waals surface area contributed by atoms with E-state index in [9.17, 15) is 4.79 Å². The molecule has 0 aromatic carbocycles. The predicted molar refractivity (Wildman–Crippen MR) is 72.9 cm³/mol. The maximum absolute atomic E-state index is 11.0. The molecule has 6 heteroatoms. The Labute approximate surface area is 113 Å². The summed E-state index contributed by atoms with van der Waals surface area (Å²) >= 11 is 5.30. The molecule has 1 aromatic rings. The number of hydrogen-bond acceptors (Lipinski definition) is 3. The summed E-state index contributed by atoms with van der Waals surface area (Å²) in [7, 11) is 0. The van der Waals surface area contributed by atoms with Gasteiger partial charge in [-0.05, 0) is 22.0 Å². The van der Waals surface area contributed by atoms with Crippen LogP contribution in [0.2, 0.25) is 0 Å². The van der Waals surface area contributed by atoms with Gasteiger partial charge in [0, 0.05) is 48.4 Å². The van der Waals surface area contributed by atoms with Crippen molar-refractivity contribution in [2.45, 2.75) is 6.54 Å². The molecule has 2 rings (SSSR count). The quantitative estimate of drug-likeness (QED) is 0.922. The number of carboxylic acid groups (broad SMARTS) is 1. The number of aromatic carboxylic acids is 1. The van der Waals surface area contributed by atoms with Crippen LogP contribution in [0.15, 0.2) is 16.7 Å². The molecule has 0 atom stereocenters. The number of carbonyl (C=O) groups is 1. The number of hydrogen-bond donors (Lipinski definition) is 1. The largest absolute Gasteiger partial charge is 0.477 e. The summed E-state index contributed by atoms with van der Waals surface area (Å²) < 4.78 is 2.62. The van der Waals surface area contributed by atoms with Crippen LogP contribution >= 0.6 is 27.7 Å². The first-order valence-corrected chi connectivity index (χ1v) is 7.50. The van der Waals surface area contributed by atoms with Crippen LogP contribution < -0.4 is 0 Å². The predicted octanol–water partition coefficient (Wildman–Crippen LogP) is 2.00. The molecule has 1 aliphatic rings. The smallest absolute Gasteiger partial charge is 0.352 e. The van der Waals surface area contributed by atoms with E-state index in [-0.39, 0.29) is 0 Å². The van der Waals surface area contributed by atoms with Crippen LogP contribution in [0.5, 0.6) is 0 Å². The van der Waals surface area contributed by atoms with E-state index in [1.807, 2.05) is 18.0 Å². The highest BCUT2D eigenvalue weighted by molar-refractivity contribution is 9.10. The zero-order valence-electron chi connectivity index (χ0n) is 9.43. The van der Waals surface area contributed by atoms with E-state index < -0.39 is 5.97 Å². The highest BCUT2D eigenvalue weighted by Gasteiger charge is 2.14. The Morgan fingerprint density at radius 2 is 2.12 bits per heavy atom. The summed E-state index contributed by atoms with van der Waals surface area (Å²) in [5.74, 6) is 1.49. The molecule has 17 heavy (non-hydrogen) atoms. The second-order valence-electron chi connectivity index (χ2n) is 4.00. The molecule has 0 spiro atoms. The van der Waals surface area contributed by atoms with Gasteiger partial charge in [-0.15, -0.1) is 0 Å². The Balaban J connectivity index is 1.95. The Hall–Kier alpha value is -0.460. The number of halogens is 1. The van der Waals surface area contributed by atoms with Crippen LogP contribution in [-0.2, 0) is 6.54 Å². The van der Waals surface area contributed by atoms with Crippen molar-refractivity contribution < 1.29 is 9.90 Å². The third kappa shape index (κ3) is 3.50. The lowest BCUT2D eigenvalue weighted by Crippen LogP contribution is -2.35. The minimum absolute atomic E-state index is 0.350. The van der Waals surface area contributed by atoms with Crippen molar-refractivity contribution in [3.8, 4) is 0 Å². The van der Waals surface area contributed by atoms with Crippen LogP contribution in [-0.4, -0.2) is 51.7 Å². The topological polar surface area (TPSA) is 45.5 Å². The molecule has 1 aromatic heterocycles. The zero-order chi connectivity index (χ0) is 12.3. The lowest BCUT2D eigenvalue weighted by Gasteiger charge is -2.26. The molecule has 1 fully saturated rings. The van der Waals surface area contributed by atoms with Crippen LogP contribution in [0.4, 0.5) is 0 Å². The molecule has 0 amide bonds. The minimum Gasteiger partial charge on any atom is -0.477 e. The summed E-state index contributed by atoms with van der Waals surface area (Å²) in [5, 5.41) is 9.06. The second-order valence-corrected chi connectivity index (χ2v) is 6.14. The van der Waals surface area contributed by atoms with Crippen molar-refractivity contribution in [2.75, 3.05) is 31.1 Å². The molecule has 4 nitrogen and oxygen atoms in total. The van der Waals surface area contributed by atoms with Crippen molar-refractivity contribution in [3.05, 3.63) is 22.4 Å². The standard InChI is InChI=1S/C11H15BrN2O2S/c12-9-7-10(11(15)16)14(8-9)2-1-13-3-5-17-6-4-13/h7-8H,1-6H2,(H,15,16). The fraction of sp³-hybridized carbons (Fsp3) is 0.545. The van der Waals surface area contributed by atoms with Crippen LogP contribution in [0, 0.1) is 0 Å². The minimum atomic E-state index is -0.870. The van der Waals surface area contributed by atoms with Crippen molar-refractivity contribution in [2.24, 2.45) is 0 Å². The van der Waals surface area contributed by atoms with Crippen molar-refractivity contribution in [3.63, 3.8) is 0 Å². The molecular weight excluding hydrogens is 304 g/mol. The summed E-state index contributed by atoms with van der Waals surface area (Å²) in [6.45, 7) is 3.87. The van der Waals surface area contributed by atoms with Gasteiger partial charge in [-0.1, -0.05) is 0 Å². The molecule has 0 radical (unpaired) electrons. The molecular formula is C11H15BrN2O2S. The average Bonchev–Trinajstić information content (AvgIpc) is 2.69. The SMILES string of the molecule is O=C(O)c1cc(Br)cn1CCN1CCSCC1. The zero-order valence-corrected chi connectivity index (χ0v) is 11.8. The first kappa shape index (κ1) is 13.0. The van der Waals surface area contributed by atoms with E-state index in [2.05, 4.69) is 20.8 Å². The lowest BCUT2D eigenvalue weighted by atomic mass is 10.4. The van der Waals surface area contributed by atoms with Gasteiger partial charge in [0.15, 0.2) is 0 Å². The fourth-order valence-electron chi connectivity index (χ4n) is 1.91. The molecule has 1 saturated heterocycles. The number of rotatable bonds is 4. The van der Waals surface area contributed by atoms with Gasteiger partial charge in [-0.2, -0.15) is 11.8 Å². The number of aromatic nitrogens is 1. The van der Waals surface area contributed by atoms with Gasteiger partial charge in [0.1, 0.15) is 5.69 Å². The van der Waals surface area contributed by atoms with Crippen LogP contribution in [0.1, 0.15) is 10.5 Å². The van der Waals surface area contributed by atoms with Gasteiger partial charge in [0.2, 0.25) is 0 Å². The van der Waals surface area contributed by atoms with Gasteiger partial charge < -0.3 is 9.67 Å².